The van der Waals surface area contributed by atoms with Crippen molar-refractivity contribution in [2.24, 2.45) is 0 Å². The van der Waals surface area contributed by atoms with Gasteiger partial charge in [0.1, 0.15) is 0 Å². The normalized spacial score (nSPS) is 11.9. The third-order valence-electron chi connectivity index (χ3n) is 2.59. The lowest BCUT2D eigenvalue weighted by Gasteiger charge is -2.24. The van der Waals surface area contributed by atoms with E-state index in [0.29, 0.717) is 6.42 Å². The van der Waals surface area contributed by atoms with Crippen molar-refractivity contribution in [3.05, 3.63) is 35.9 Å². The third kappa shape index (κ3) is 3.59. The number of hydrogen-bond donors (Lipinski definition) is 1. The number of carbonyl (C=O) groups is 2. The fourth-order valence-corrected chi connectivity index (χ4v) is 1.76. The quantitative estimate of drug-likeness (QED) is 0.872. The maximum Gasteiger partial charge on any atom is 0.414 e. The molecule has 0 aliphatic rings. The van der Waals surface area contributed by atoms with Crippen LogP contribution in [0.4, 0.5) is 4.79 Å². The van der Waals surface area contributed by atoms with Gasteiger partial charge in [-0.2, -0.15) is 0 Å². The van der Waals surface area contributed by atoms with Crippen molar-refractivity contribution in [1.29, 1.82) is 0 Å². The molecule has 0 radical (unpaired) electrons. The maximum absolute atomic E-state index is 11.5. The second kappa shape index (κ2) is 6.03. The highest BCUT2D eigenvalue weighted by Gasteiger charge is 2.25. The Bertz CT molecular complexity index is 389. The Hall–Kier alpha value is -1.84. The highest BCUT2D eigenvalue weighted by atomic mass is 16.4. The van der Waals surface area contributed by atoms with Gasteiger partial charge in [-0.3, -0.25) is 4.79 Å². The summed E-state index contributed by atoms with van der Waals surface area (Å²) in [5, 5.41) is 9.03. The summed E-state index contributed by atoms with van der Waals surface area (Å²) < 4.78 is 0. The first-order chi connectivity index (χ1) is 8.06. The van der Waals surface area contributed by atoms with Crippen LogP contribution in [-0.4, -0.2) is 28.0 Å². The zero-order chi connectivity index (χ0) is 12.8. The standard InChI is InChI=1S/C13H17NO3/c1-3-12(15)14(13(16)17)10(2)9-11-7-5-4-6-8-11/h4-8,10H,3,9H2,1-2H3,(H,16,17)/t10-/m1/s1. The van der Waals surface area contributed by atoms with Gasteiger partial charge in [0.2, 0.25) is 5.91 Å². The van der Waals surface area contributed by atoms with Crippen LogP contribution in [0.5, 0.6) is 0 Å². The first-order valence-electron chi connectivity index (χ1n) is 5.65. The van der Waals surface area contributed by atoms with E-state index >= 15 is 0 Å². The van der Waals surface area contributed by atoms with Crippen LogP contribution in [0.2, 0.25) is 0 Å². The smallest absolute Gasteiger partial charge is 0.414 e. The Morgan fingerprint density at radius 1 is 1.29 bits per heavy atom. The summed E-state index contributed by atoms with van der Waals surface area (Å²) in [6.45, 7) is 3.40. The molecule has 0 spiro atoms. The summed E-state index contributed by atoms with van der Waals surface area (Å²) in [6, 6.07) is 9.20. The van der Waals surface area contributed by atoms with Crippen LogP contribution in [0.25, 0.3) is 0 Å². The Labute approximate surface area is 101 Å². The summed E-state index contributed by atoms with van der Waals surface area (Å²) >= 11 is 0. The van der Waals surface area contributed by atoms with Gasteiger partial charge in [0.25, 0.3) is 0 Å². The van der Waals surface area contributed by atoms with Gasteiger partial charge in [-0.1, -0.05) is 37.3 Å². The molecule has 2 amide bonds. The van der Waals surface area contributed by atoms with Crippen LogP contribution in [0.15, 0.2) is 30.3 Å². The van der Waals surface area contributed by atoms with E-state index in [9.17, 15) is 9.59 Å². The number of carboxylic acid groups (broad SMARTS) is 1. The summed E-state index contributed by atoms with van der Waals surface area (Å²) in [4.78, 5) is 23.5. The Morgan fingerprint density at radius 2 is 1.88 bits per heavy atom. The molecule has 0 fully saturated rings. The van der Waals surface area contributed by atoms with Crippen LogP contribution in [0.1, 0.15) is 25.8 Å². The van der Waals surface area contributed by atoms with Crippen molar-refractivity contribution < 1.29 is 14.7 Å². The predicted molar refractivity (Wildman–Crippen MR) is 64.8 cm³/mol. The summed E-state index contributed by atoms with van der Waals surface area (Å²) in [5.74, 6) is -0.360. The number of amides is 2. The molecular formula is C13H17NO3. The van der Waals surface area contributed by atoms with Crippen molar-refractivity contribution >= 4 is 12.0 Å². The molecule has 0 aliphatic heterocycles. The maximum atomic E-state index is 11.5. The second-order valence-corrected chi connectivity index (χ2v) is 3.94. The van der Waals surface area contributed by atoms with Gasteiger partial charge < -0.3 is 5.11 Å². The molecule has 0 aromatic heterocycles. The van der Waals surface area contributed by atoms with E-state index in [1.54, 1.807) is 13.8 Å². The second-order valence-electron chi connectivity index (χ2n) is 3.94. The summed E-state index contributed by atoms with van der Waals surface area (Å²) in [6.07, 6.45) is -0.440. The molecule has 0 saturated carbocycles. The molecule has 17 heavy (non-hydrogen) atoms. The topological polar surface area (TPSA) is 57.6 Å². The van der Waals surface area contributed by atoms with Gasteiger partial charge in [-0.15, -0.1) is 0 Å². The summed E-state index contributed by atoms with van der Waals surface area (Å²) in [7, 11) is 0. The lowest BCUT2D eigenvalue weighted by Crippen LogP contribution is -2.43. The van der Waals surface area contributed by atoms with Crippen LogP contribution in [0.3, 0.4) is 0 Å². The SMILES string of the molecule is CCC(=O)N(C(=O)O)[C@H](C)Cc1ccccc1. The molecule has 0 unspecified atom stereocenters. The molecule has 1 N–H and O–H groups in total. The van der Waals surface area contributed by atoms with Gasteiger partial charge >= 0.3 is 6.09 Å². The number of carbonyl (C=O) groups excluding carboxylic acids is 1. The van der Waals surface area contributed by atoms with Crippen LogP contribution in [0, 0.1) is 0 Å². The largest absolute Gasteiger partial charge is 0.465 e. The van der Waals surface area contributed by atoms with Crippen LogP contribution >= 0.6 is 0 Å². The van der Waals surface area contributed by atoms with E-state index in [4.69, 9.17) is 5.11 Å². The lowest BCUT2D eigenvalue weighted by atomic mass is 10.1. The van der Waals surface area contributed by atoms with Crippen molar-refractivity contribution in [2.75, 3.05) is 0 Å². The van der Waals surface area contributed by atoms with Gasteiger partial charge in [0, 0.05) is 12.5 Å². The van der Waals surface area contributed by atoms with E-state index in [1.165, 1.54) is 0 Å². The molecule has 0 aliphatic carbocycles. The van der Waals surface area contributed by atoms with Crippen molar-refractivity contribution in [2.45, 2.75) is 32.7 Å². The highest BCUT2D eigenvalue weighted by Crippen LogP contribution is 2.10. The van der Waals surface area contributed by atoms with E-state index in [2.05, 4.69) is 0 Å². The molecule has 4 heteroatoms. The Balaban J connectivity index is 2.76. The highest BCUT2D eigenvalue weighted by molar-refractivity contribution is 5.91. The van der Waals surface area contributed by atoms with E-state index in [1.807, 2.05) is 30.3 Å². The van der Waals surface area contributed by atoms with Crippen LogP contribution in [-0.2, 0) is 11.2 Å². The molecule has 0 saturated heterocycles. The molecule has 1 aromatic carbocycles. The zero-order valence-corrected chi connectivity index (χ0v) is 10.1. The van der Waals surface area contributed by atoms with Gasteiger partial charge in [0.15, 0.2) is 0 Å². The molecule has 0 bridgehead atoms. The summed E-state index contributed by atoms with van der Waals surface area (Å²) in [5.41, 5.74) is 1.02. The predicted octanol–water partition coefficient (Wildman–Crippen LogP) is 2.53. The van der Waals surface area contributed by atoms with Crippen LogP contribution < -0.4 is 0 Å². The third-order valence-corrected chi connectivity index (χ3v) is 2.59. The molecule has 0 heterocycles. The Kier molecular flexibility index (Phi) is 4.69. The fourth-order valence-electron chi connectivity index (χ4n) is 1.76. The number of nitrogens with zero attached hydrogens (tertiary/aromatic N) is 1. The molecular weight excluding hydrogens is 218 g/mol. The van der Waals surface area contributed by atoms with E-state index < -0.39 is 6.09 Å². The van der Waals surface area contributed by atoms with Gasteiger partial charge in [-0.05, 0) is 18.9 Å². The first-order valence-corrected chi connectivity index (χ1v) is 5.65. The van der Waals surface area contributed by atoms with E-state index in [0.717, 1.165) is 10.5 Å². The van der Waals surface area contributed by atoms with Crippen molar-refractivity contribution in [3.63, 3.8) is 0 Å². The van der Waals surface area contributed by atoms with Gasteiger partial charge in [-0.25, -0.2) is 9.69 Å². The molecule has 1 rings (SSSR count). The lowest BCUT2D eigenvalue weighted by molar-refractivity contribution is -0.130. The number of imide groups is 1. The average molecular weight is 235 g/mol. The number of rotatable bonds is 4. The molecule has 1 atom stereocenters. The van der Waals surface area contributed by atoms with Gasteiger partial charge in [0.05, 0.1) is 0 Å². The molecule has 92 valence electrons. The van der Waals surface area contributed by atoms with Crippen molar-refractivity contribution in [1.82, 2.24) is 4.90 Å². The number of hydrogen-bond acceptors (Lipinski definition) is 2. The minimum absolute atomic E-state index is 0.200. The minimum atomic E-state index is -1.18. The first kappa shape index (κ1) is 13.2. The van der Waals surface area contributed by atoms with E-state index in [-0.39, 0.29) is 18.4 Å². The average Bonchev–Trinajstić information content (AvgIpc) is 2.29. The monoisotopic (exact) mass is 235 g/mol. The minimum Gasteiger partial charge on any atom is -0.465 e. The molecule has 1 aromatic rings. The zero-order valence-electron chi connectivity index (χ0n) is 10.1. The molecule has 4 nitrogen and oxygen atoms in total. The fraction of sp³-hybridized carbons (Fsp3) is 0.385. The number of benzene rings is 1. The van der Waals surface area contributed by atoms with Crippen molar-refractivity contribution in [3.8, 4) is 0 Å². The Morgan fingerprint density at radius 3 is 2.35 bits per heavy atom.